The van der Waals surface area contributed by atoms with Crippen molar-refractivity contribution in [1.82, 2.24) is 10.2 Å². The number of aromatic amines is 1. The van der Waals surface area contributed by atoms with Gasteiger partial charge in [0.05, 0.1) is 6.42 Å². The second-order valence-electron chi connectivity index (χ2n) is 6.32. The lowest BCUT2D eigenvalue weighted by Gasteiger charge is -2.24. The normalized spacial score (nSPS) is 28.6. The Kier molecular flexibility index (Phi) is 3.31. The minimum atomic E-state index is -4.84. The molecule has 2 fully saturated rings. The van der Waals surface area contributed by atoms with Crippen molar-refractivity contribution in [2.75, 3.05) is 0 Å². The fraction of sp³-hybridized carbons (Fsp3) is 0.769. The molecule has 3 aliphatic rings. The molecule has 0 aromatic carbocycles. The van der Waals surface area contributed by atoms with Gasteiger partial charge >= 0.3 is 6.18 Å². The van der Waals surface area contributed by atoms with E-state index in [4.69, 9.17) is 5.11 Å². The van der Waals surface area contributed by atoms with Gasteiger partial charge in [-0.05, 0) is 12.8 Å². The number of aliphatic hydroxyl groups is 1. The molecule has 10 heteroatoms. The highest BCUT2D eigenvalue weighted by atomic mass is 19.4. The van der Waals surface area contributed by atoms with E-state index in [-0.39, 0.29) is 12.1 Å². The van der Waals surface area contributed by atoms with E-state index in [1.807, 2.05) is 5.10 Å². The highest BCUT2D eigenvalue weighted by Crippen LogP contribution is 2.70. The molecule has 1 aromatic heterocycles. The van der Waals surface area contributed by atoms with Gasteiger partial charge in [0.2, 0.25) is 0 Å². The van der Waals surface area contributed by atoms with Crippen molar-refractivity contribution in [3.8, 4) is 0 Å². The summed E-state index contributed by atoms with van der Waals surface area (Å²) in [5, 5.41) is 13.8. The molecule has 1 atom stereocenters. The molecule has 0 saturated heterocycles. The van der Waals surface area contributed by atoms with E-state index in [1.165, 1.54) is 0 Å². The summed E-state index contributed by atoms with van der Waals surface area (Å²) >= 11 is 0. The second kappa shape index (κ2) is 4.61. The standard InChI is InChI=1S/C7H5F5N2O.C6H8F2/c8-6(9)1-2-3(5(6)15)4(14-13-2)7(10,11)12;7-6(8)4-5(6)2-1-3-5/h5,15H,1H2,(H,13,14);1-4H2. The van der Waals surface area contributed by atoms with Crippen LogP contribution >= 0.6 is 0 Å². The third-order valence-electron chi connectivity index (χ3n) is 4.76. The molecule has 130 valence electrons. The Morgan fingerprint density at radius 3 is 2.04 bits per heavy atom. The van der Waals surface area contributed by atoms with Gasteiger partial charge in [0, 0.05) is 23.1 Å². The maximum Gasteiger partial charge on any atom is 0.435 e. The van der Waals surface area contributed by atoms with Crippen LogP contribution in [0.2, 0.25) is 0 Å². The molecule has 0 bridgehead atoms. The largest absolute Gasteiger partial charge is 0.435 e. The molecule has 0 amide bonds. The Labute approximate surface area is 125 Å². The SMILES string of the molecule is FC1(F)CC12CCC2.OC1c2c(C(F)(F)F)n[nH]c2CC1(F)F. The van der Waals surface area contributed by atoms with Crippen LogP contribution in [0.4, 0.5) is 30.7 Å². The lowest BCUT2D eigenvalue weighted by molar-refractivity contribution is -0.146. The van der Waals surface area contributed by atoms with Gasteiger partial charge in [0.15, 0.2) is 5.69 Å². The summed E-state index contributed by atoms with van der Waals surface area (Å²) in [7, 11) is 0. The van der Waals surface area contributed by atoms with E-state index >= 15 is 0 Å². The van der Waals surface area contributed by atoms with Crippen molar-refractivity contribution < 1.29 is 35.8 Å². The zero-order valence-electron chi connectivity index (χ0n) is 11.7. The molecule has 4 rings (SSSR count). The van der Waals surface area contributed by atoms with Crippen LogP contribution in [0, 0.1) is 5.41 Å². The number of hydrogen-bond acceptors (Lipinski definition) is 2. The average molecular weight is 346 g/mol. The lowest BCUT2D eigenvalue weighted by atomic mass is 9.81. The first-order valence-electron chi connectivity index (χ1n) is 6.98. The van der Waals surface area contributed by atoms with Crippen molar-refractivity contribution in [2.45, 2.75) is 56.2 Å². The molecular formula is C13H13F7N2O. The van der Waals surface area contributed by atoms with Crippen LogP contribution in [-0.4, -0.2) is 27.1 Å². The predicted molar refractivity (Wildman–Crippen MR) is 63.0 cm³/mol. The number of nitrogens with zero attached hydrogens (tertiary/aromatic N) is 1. The Balaban J connectivity index is 0.000000162. The van der Waals surface area contributed by atoms with Gasteiger partial charge in [-0.2, -0.15) is 18.3 Å². The quantitative estimate of drug-likeness (QED) is 0.701. The fourth-order valence-corrected chi connectivity index (χ4v) is 3.10. The van der Waals surface area contributed by atoms with Crippen LogP contribution in [0.5, 0.6) is 0 Å². The molecule has 1 unspecified atom stereocenters. The summed E-state index contributed by atoms with van der Waals surface area (Å²) in [6.07, 6.45) is -5.48. The Morgan fingerprint density at radius 1 is 1.13 bits per heavy atom. The molecule has 3 aliphatic carbocycles. The number of rotatable bonds is 0. The Bertz CT molecular complexity index is 618. The van der Waals surface area contributed by atoms with Crippen LogP contribution in [0.25, 0.3) is 0 Å². The molecule has 23 heavy (non-hydrogen) atoms. The summed E-state index contributed by atoms with van der Waals surface area (Å²) in [5.74, 6) is -5.82. The average Bonchev–Trinajstić information content (AvgIpc) is 2.64. The van der Waals surface area contributed by atoms with Gasteiger partial charge in [0.25, 0.3) is 11.8 Å². The van der Waals surface area contributed by atoms with Crippen molar-refractivity contribution >= 4 is 0 Å². The van der Waals surface area contributed by atoms with Crippen LogP contribution in [-0.2, 0) is 12.6 Å². The molecular weight excluding hydrogens is 333 g/mol. The molecule has 0 aliphatic heterocycles. The van der Waals surface area contributed by atoms with Crippen molar-refractivity contribution in [3.63, 3.8) is 0 Å². The number of H-pyrrole nitrogens is 1. The van der Waals surface area contributed by atoms with E-state index in [2.05, 4.69) is 5.10 Å². The van der Waals surface area contributed by atoms with Gasteiger partial charge in [0.1, 0.15) is 6.10 Å². The predicted octanol–water partition coefficient (Wildman–Crippen LogP) is 3.85. The maximum absolute atomic E-state index is 12.9. The number of aromatic nitrogens is 2. The van der Waals surface area contributed by atoms with E-state index < -0.39 is 47.2 Å². The number of nitrogens with one attached hydrogen (secondary N) is 1. The molecule has 2 saturated carbocycles. The van der Waals surface area contributed by atoms with Crippen LogP contribution < -0.4 is 0 Å². The second-order valence-corrected chi connectivity index (χ2v) is 6.32. The third-order valence-corrected chi connectivity index (χ3v) is 4.76. The minimum Gasteiger partial charge on any atom is -0.382 e. The lowest BCUT2D eigenvalue weighted by Crippen LogP contribution is -2.24. The highest BCUT2D eigenvalue weighted by Gasteiger charge is 2.72. The summed E-state index contributed by atoms with van der Waals surface area (Å²) in [6, 6.07) is 0. The maximum atomic E-state index is 12.9. The van der Waals surface area contributed by atoms with E-state index in [9.17, 15) is 30.7 Å². The van der Waals surface area contributed by atoms with Gasteiger partial charge in [-0.1, -0.05) is 6.42 Å². The van der Waals surface area contributed by atoms with Crippen LogP contribution in [0.15, 0.2) is 0 Å². The monoisotopic (exact) mass is 346 g/mol. The van der Waals surface area contributed by atoms with Crippen LogP contribution in [0.3, 0.4) is 0 Å². The Morgan fingerprint density at radius 2 is 1.70 bits per heavy atom. The minimum absolute atomic E-state index is 0.181. The first-order valence-corrected chi connectivity index (χ1v) is 6.98. The Hall–Kier alpha value is -1.32. The third kappa shape index (κ3) is 2.50. The first kappa shape index (κ1) is 16.5. The number of alkyl halides is 7. The summed E-state index contributed by atoms with van der Waals surface area (Å²) < 4.78 is 87.0. The molecule has 1 spiro atoms. The van der Waals surface area contributed by atoms with Gasteiger partial charge < -0.3 is 5.11 Å². The van der Waals surface area contributed by atoms with E-state index in [0.29, 0.717) is 0 Å². The van der Waals surface area contributed by atoms with Crippen molar-refractivity contribution in [3.05, 3.63) is 17.0 Å². The number of fused-ring (bicyclic) bond motifs is 1. The zero-order valence-corrected chi connectivity index (χ0v) is 11.7. The molecule has 1 aromatic rings. The highest BCUT2D eigenvalue weighted by molar-refractivity contribution is 5.37. The molecule has 2 N–H and O–H groups in total. The molecule has 3 nitrogen and oxygen atoms in total. The molecule has 1 heterocycles. The molecule has 0 radical (unpaired) electrons. The van der Waals surface area contributed by atoms with Gasteiger partial charge in [-0.3, -0.25) is 5.10 Å². The fourth-order valence-electron chi connectivity index (χ4n) is 3.10. The van der Waals surface area contributed by atoms with Crippen LogP contribution in [0.1, 0.15) is 48.7 Å². The van der Waals surface area contributed by atoms with Gasteiger partial charge in [-0.15, -0.1) is 0 Å². The van der Waals surface area contributed by atoms with E-state index in [0.717, 1.165) is 19.3 Å². The number of aliphatic hydroxyl groups excluding tert-OH is 1. The van der Waals surface area contributed by atoms with Gasteiger partial charge in [-0.25, -0.2) is 17.6 Å². The number of hydrogen-bond donors (Lipinski definition) is 2. The topological polar surface area (TPSA) is 48.9 Å². The van der Waals surface area contributed by atoms with E-state index in [1.54, 1.807) is 0 Å². The summed E-state index contributed by atoms with van der Waals surface area (Å²) in [4.78, 5) is 0. The first-order chi connectivity index (χ1) is 10.4. The number of halogens is 7. The summed E-state index contributed by atoms with van der Waals surface area (Å²) in [6.45, 7) is 0. The zero-order chi connectivity index (χ0) is 17.3. The van der Waals surface area contributed by atoms with Crippen molar-refractivity contribution in [1.29, 1.82) is 0 Å². The smallest absolute Gasteiger partial charge is 0.382 e. The van der Waals surface area contributed by atoms with Crippen molar-refractivity contribution in [2.24, 2.45) is 5.41 Å². The summed E-state index contributed by atoms with van der Waals surface area (Å²) in [5.41, 5.74) is -3.14.